The Morgan fingerprint density at radius 2 is 1.87 bits per heavy atom. The molecule has 9 heteroatoms. The van der Waals surface area contributed by atoms with Crippen molar-refractivity contribution in [3.8, 4) is 5.75 Å². The van der Waals surface area contributed by atoms with Crippen LogP contribution in [0.1, 0.15) is 30.4 Å². The lowest BCUT2D eigenvalue weighted by atomic mass is 9.53. The smallest absolute Gasteiger partial charge is 0.230 e. The van der Waals surface area contributed by atoms with Crippen molar-refractivity contribution in [1.29, 1.82) is 0 Å². The van der Waals surface area contributed by atoms with E-state index in [0.717, 1.165) is 0 Å². The van der Waals surface area contributed by atoms with E-state index in [9.17, 15) is 34.8 Å². The number of hydrogen-bond acceptors (Lipinski definition) is 8. The molecule has 9 nitrogen and oxygen atoms in total. The standard InChI is InChI=1S/C22H26N2O7/c1-8-9-5-4-6-12(25)13(9)17(26)14-10(8)7-11-16(24(2)3)18(27)15(21(23)30)20(29)22(11,31)19(14)28/h4-6,8,10-11,15-16,18,25-27,31H,7H2,1-3H3,(H2,23,30). The highest BCUT2D eigenvalue weighted by Crippen LogP contribution is 2.55. The van der Waals surface area contributed by atoms with Crippen LogP contribution in [0.2, 0.25) is 0 Å². The quantitative estimate of drug-likeness (QED) is 0.399. The summed E-state index contributed by atoms with van der Waals surface area (Å²) >= 11 is 0. The van der Waals surface area contributed by atoms with Gasteiger partial charge in [0.15, 0.2) is 11.4 Å². The summed E-state index contributed by atoms with van der Waals surface area (Å²) in [6.45, 7) is 1.84. The minimum absolute atomic E-state index is 0.0931. The first-order chi connectivity index (χ1) is 14.4. The minimum Gasteiger partial charge on any atom is -0.507 e. The summed E-state index contributed by atoms with van der Waals surface area (Å²) in [7, 11) is 3.24. The molecule has 3 aliphatic rings. The van der Waals surface area contributed by atoms with Gasteiger partial charge in [-0.2, -0.15) is 0 Å². The van der Waals surface area contributed by atoms with Gasteiger partial charge in [0.25, 0.3) is 0 Å². The first-order valence-electron chi connectivity index (χ1n) is 10.1. The fourth-order valence-corrected chi connectivity index (χ4v) is 5.86. The molecule has 0 aliphatic heterocycles. The van der Waals surface area contributed by atoms with Gasteiger partial charge < -0.3 is 31.1 Å². The molecular formula is C22H26N2O7. The van der Waals surface area contributed by atoms with Crippen molar-refractivity contribution >= 4 is 23.2 Å². The van der Waals surface area contributed by atoms with E-state index >= 15 is 0 Å². The average molecular weight is 430 g/mol. The van der Waals surface area contributed by atoms with Crippen molar-refractivity contribution in [2.75, 3.05) is 14.1 Å². The van der Waals surface area contributed by atoms with Gasteiger partial charge in [0.2, 0.25) is 11.7 Å². The summed E-state index contributed by atoms with van der Waals surface area (Å²) in [6.07, 6.45) is -1.39. The second-order valence-electron chi connectivity index (χ2n) is 9.03. The third-order valence-corrected chi connectivity index (χ3v) is 7.33. The predicted molar refractivity (Wildman–Crippen MR) is 109 cm³/mol. The largest absolute Gasteiger partial charge is 0.507 e. The predicted octanol–water partition coefficient (Wildman–Crippen LogP) is -0.310. The number of likely N-dealkylation sites (N-methyl/N-ethyl adjacent to an activating group) is 1. The van der Waals surface area contributed by atoms with Crippen LogP contribution in [0.4, 0.5) is 0 Å². The zero-order chi connectivity index (χ0) is 23.0. The molecule has 7 unspecified atom stereocenters. The molecule has 1 aromatic rings. The van der Waals surface area contributed by atoms with Gasteiger partial charge in [0, 0.05) is 17.5 Å². The molecular weight excluding hydrogens is 404 g/mol. The van der Waals surface area contributed by atoms with E-state index in [0.29, 0.717) is 5.56 Å². The Labute approximate surface area is 178 Å². The van der Waals surface area contributed by atoms with E-state index in [1.807, 2.05) is 6.92 Å². The highest BCUT2D eigenvalue weighted by atomic mass is 16.3. The summed E-state index contributed by atoms with van der Waals surface area (Å²) in [5.41, 5.74) is 3.30. The zero-order valence-corrected chi connectivity index (χ0v) is 17.4. The molecule has 0 bridgehead atoms. The molecule has 1 amide bonds. The van der Waals surface area contributed by atoms with Crippen LogP contribution in [0.15, 0.2) is 23.8 Å². The third kappa shape index (κ3) is 2.63. The topological polar surface area (TPSA) is 161 Å². The number of nitrogens with zero attached hydrogens (tertiary/aromatic N) is 1. The number of rotatable bonds is 2. The van der Waals surface area contributed by atoms with Crippen molar-refractivity contribution in [3.05, 3.63) is 34.9 Å². The molecule has 31 heavy (non-hydrogen) atoms. The maximum absolute atomic E-state index is 13.6. The number of carbonyl (C=O) groups is 3. The van der Waals surface area contributed by atoms with Gasteiger partial charge in [-0.3, -0.25) is 14.4 Å². The molecule has 0 saturated heterocycles. The number of hydrogen-bond donors (Lipinski definition) is 5. The molecule has 6 N–H and O–H groups in total. The van der Waals surface area contributed by atoms with Crippen LogP contribution in [0, 0.1) is 17.8 Å². The van der Waals surface area contributed by atoms with E-state index in [1.165, 1.54) is 6.07 Å². The monoisotopic (exact) mass is 430 g/mol. The van der Waals surface area contributed by atoms with E-state index in [-0.39, 0.29) is 29.2 Å². The molecule has 2 fully saturated rings. The van der Waals surface area contributed by atoms with Crippen LogP contribution in [0.5, 0.6) is 5.75 Å². The number of Topliss-reactive ketones (excluding diaryl/α,β-unsaturated/α-hetero) is 2. The molecule has 0 aromatic heterocycles. The number of nitrogens with two attached hydrogens (primary N) is 1. The first-order valence-corrected chi connectivity index (χ1v) is 10.1. The highest BCUT2D eigenvalue weighted by Gasteiger charge is 2.68. The molecule has 0 heterocycles. The Hall–Kier alpha value is -2.75. The molecule has 0 spiro atoms. The normalized spacial score (nSPS) is 37.4. The molecule has 0 radical (unpaired) electrons. The lowest BCUT2D eigenvalue weighted by molar-refractivity contribution is -0.184. The number of benzene rings is 1. The molecule has 2 saturated carbocycles. The van der Waals surface area contributed by atoms with Crippen LogP contribution in [0.25, 0.3) is 5.76 Å². The van der Waals surface area contributed by atoms with Crippen molar-refractivity contribution in [1.82, 2.24) is 4.90 Å². The average Bonchev–Trinajstić information content (AvgIpc) is 2.68. The van der Waals surface area contributed by atoms with Crippen LogP contribution >= 0.6 is 0 Å². The number of amides is 1. The van der Waals surface area contributed by atoms with Gasteiger partial charge in [-0.1, -0.05) is 19.1 Å². The minimum atomic E-state index is -2.63. The highest BCUT2D eigenvalue weighted by molar-refractivity contribution is 6.25. The number of fused-ring (bicyclic) bond motifs is 3. The molecule has 1 aromatic carbocycles. The van der Waals surface area contributed by atoms with Crippen LogP contribution in [-0.2, 0) is 14.4 Å². The fourth-order valence-electron chi connectivity index (χ4n) is 5.86. The van der Waals surface area contributed by atoms with Gasteiger partial charge in [0.1, 0.15) is 17.4 Å². The first kappa shape index (κ1) is 21.5. The lowest BCUT2D eigenvalue weighted by Crippen LogP contribution is -2.73. The second kappa shape index (κ2) is 6.88. The second-order valence-corrected chi connectivity index (χ2v) is 9.03. The molecule has 4 rings (SSSR count). The summed E-state index contributed by atoms with van der Waals surface area (Å²) < 4.78 is 0. The van der Waals surface area contributed by atoms with Crippen LogP contribution in [-0.4, -0.2) is 74.6 Å². The Kier molecular flexibility index (Phi) is 4.77. The Bertz CT molecular complexity index is 1030. The zero-order valence-electron chi connectivity index (χ0n) is 17.4. The Balaban J connectivity index is 1.95. The van der Waals surface area contributed by atoms with E-state index < -0.39 is 58.7 Å². The van der Waals surface area contributed by atoms with Gasteiger partial charge in [0.05, 0.1) is 11.7 Å². The van der Waals surface area contributed by atoms with Gasteiger partial charge in [-0.05, 0) is 44.0 Å². The Morgan fingerprint density at radius 3 is 2.45 bits per heavy atom. The molecule has 3 aliphatic carbocycles. The summed E-state index contributed by atoms with van der Waals surface area (Å²) in [6, 6.07) is 3.86. The summed E-state index contributed by atoms with van der Waals surface area (Å²) in [4.78, 5) is 40.4. The Morgan fingerprint density at radius 1 is 1.23 bits per heavy atom. The molecule has 166 valence electrons. The maximum Gasteiger partial charge on any atom is 0.230 e. The SMILES string of the molecule is CC1c2cccc(O)c2C(O)=C2C(=O)C3(O)C(=O)C(C(N)=O)C(O)C(N(C)C)C3CC21. The number of primary amides is 1. The lowest BCUT2D eigenvalue weighted by Gasteiger charge is -2.54. The number of phenols is 1. The molecule has 7 atom stereocenters. The number of phenolic OH excluding ortho intramolecular Hbond substituents is 1. The summed E-state index contributed by atoms with van der Waals surface area (Å²) in [5, 5.41) is 43.5. The van der Waals surface area contributed by atoms with E-state index in [1.54, 1.807) is 31.1 Å². The van der Waals surface area contributed by atoms with Crippen molar-refractivity contribution < 1.29 is 34.8 Å². The van der Waals surface area contributed by atoms with Crippen LogP contribution in [0.3, 0.4) is 0 Å². The number of aromatic hydroxyl groups is 1. The van der Waals surface area contributed by atoms with Crippen LogP contribution < -0.4 is 5.73 Å². The van der Waals surface area contributed by atoms with Gasteiger partial charge in [-0.15, -0.1) is 0 Å². The summed E-state index contributed by atoms with van der Waals surface area (Å²) in [5.74, 6) is -7.66. The van der Waals surface area contributed by atoms with Gasteiger partial charge in [-0.25, -0.2) is 0 Å². The number of aliphatic hydroxyl groups excluding tert-OH is 2. The third-order valence-electron chi connectivity index (χ3n) is 7.33. The number of aliphatic hydroxyl groups is 3. The fraction of sp³-hybridized carbons (Fsp3) is 0.500. The maximum atomic E-state index is 13.6. The van der Waals surface area contributed by atoms with Gasteiger partial charge >= 0.3 is 0 Å². The number of ketones is 2. The van der Waals surface area contributed by atoms with E-state index in [2.05, 4.69) is 0 Å². The van der Waals surface area contributed by atoms with Crippen molar-refractivity contribution in [2.24, 2.45) is 23.5 Å². The van der Waals surface area contributed by atoms with Crippen molar-refractivity contribution in [2.45, 2.75) is 37.0 Å². The van der Waals surface area contributed by atoms with Crippen molar-refractivity contribution in [3.63, 3.8) is 0 Å². The van der Waals surface area contributed by atoms with E-state index in [4.69, 9.17) is 5.73 Å². The number of carbonyl (C=O) groups excluding carboxylic acids is 3.